The third-order valence-corrected chi connectivity index (χ3v) is 3.46. The van der Waals surface area contributed by atoms with Crippen molar-refractivity contribution in [2.75, 3.05) is 13.1 Å². The first kappa shape index (κ1) is 16.2. The molecule has 1 amide bonds. The molecule has 0 radical (unpaired) electrons. The zero-order chi connectivity index (χ0) is 16.3. The SMILES string of the molecule is CC(C)(C)OC(=O)N1CCC(c2nccnc2C(=O)O)CC1. The van der Waals surface area contributed by atoms with Crippen LogP contribution >= 0.6 is 0 Å². The molecule has 1 fully saturated rings. The highest BCUT2D eigenvalue weighted by molar-refractivity contribution is 5.86. The average molecular weight is 307 g/mol. The maximum Gasteiger partial charge on any atom is 0.410 e. The van der Waals surface area contributed by atoms with Crippen LogP contribution in [0.2, 0.25) is 0 Å². The minimum Gasteiger partial charge on any atom is -0.476 e. The molecule has 1 aliphatic rings. The van der Waals surface area contributed by atoms with Gasteiger partial charge in [0.05, 0.1) is 5.69 Å². The van der Waals surface area contributed by atoms with Gasteiger partial charge in [-0.15, -0.1) is 0 Å². The molecule has 0 unspecified atom stereocenters. The molecule has 2 heterocycles. The summed E-state index contributed by atoms with van der Waals surface area (Å²) in [6, 6.07) is 0. The van der Waals surface area contributed by atoms with Gasteiger partial charge >= 0.3 is 12.1 Å². The standard InChI is InChI=1S/C15H21N3O4/c1-15(2,3)22-14(21)18-8-4-10(5-9-18)11-12(13(19)20)17-7-6-16-11/h6-7,10H,4-5,8-9H2,1-3H3,(H,19,20). The Kier molecular flexibility index (Phi) is 4.63. The van der Waals surface area contributed by atoms with E-state index in [2.05, 4.69) is 9.97 Å². The maximum atomic E-state index is 12.0. The summed E-state index contributed by atoms with van der Waals surface area (Å²) in [6.45, 7) is 6.54. The first-order valence-corrected chi connectivity index (χ1v) is 7.30. The van der Waals surface area contributed by atoms with E-state index in [-0.39, 0.29) is 17.7 Å². The molecule has 0 atom stereocenters. The fraction of sp³-hybridized carbons (Fsp3) is 0.600. The highest BCUT2D eigenvalue weighted by atomic mass is 16.6. The largest absolute Gasteiger partial charge is 0.476 e. The fourth-order valence-electron chi connectivity index (χ4n) is 2.47. The highest BCUT2D eigenvalue weighted by Gasteiger charge is 2.30. The van der Waals surface area contributed by atoms with Crippen LogP contribution in [0.1, 0.15) is 55.7 Å². The van der Waals surface area contributed by atoms with Gasteiger partial charge in [0.1, 0.15) is 5.60 Å². The molecule has 1 aromatic heterocycles. The van der Waals surface area contributed by atoms with Crippen molar-refractivity contribution in [1.82, 2.24) is 14.9 Å². The Morgan fingerprint density at radius 3 is 2.36 bits per heavy atom. The van der Waals surface area contributed by atoms with E-state index in [4.69, 9.17) is 4.74 Å². The fourth-order valence-corrected chi connectivity index (χ4v) is 2.47. The Morgan fingerprint density at radius 2 is 1.82 bits per heavy atom. The molecule has 7 nitrogen and oxygen atoms in total. The van der Waals surface area contributed by atoms with Gasteiger partial charge in [0.15, 0.2) is 5.69 Å². The van der Waals surface area contributed by atoms with Crippen molar-refractivity contribution in [1.29, 1.82) is 0 Å². The number of aromatic nitrogens is 2. The van der Waals surface area contributed by atoms with Crippen LogP contribution in [0, 0.1) is 0 Å². The van der Waals surface area contributed by atoms with Crippen molar-refractivity contribution in [3.05, 3.63) is 23.8 Å². The summed E-state index contributed by atoms with van der Waals surface area (Å²) in [5, 5.41) is 9.18. The molecule has 1 aliphatic heterocycles. The van der Waals surface area contributed by atoms with E-state index >= 15 is 0 Å². The van der Waals surface area contributed by atoms with Crippen molar-refractivity contribution in [3.63, 3.8) is 0 Å². The molecule has 0 saturated carbocycles. The summed E-state index contributed by atoms with van der Waals surface area (Å²) in [5.41, 5.74) is -0.0213. The molecule has 7 heteroatoms. The van der Waals surface area contributed by atoms with Gasteiger partial charge < -0.3 is 14.7 Å². The number of rotatable bonds is 2. The average Bonchev–Trinajstić information content (AvgIpc) is 2.45. The lowest BCUT2D eigenvalue weighted by molar-refractivity contribution is 0.0203. The first-order valence-electron chi connectivity index (χ1n) is 7.30. The lowest BCUT2D eigenvalue weighted by Crippen LogP contribution is -2.41. The number of carboxylic acids is 1. The van der Waals surface area contributed by atoms with Crippen molar-refractivity contribution in [2.24, 2.45) is 0 Å². The molecular weight excluding hydrogens is 286 g/mol. The number of carbonyl (C=O) groups excluding carboxylic acids is 1. The zero-order valence-corrected chi connectivity index (χ0v) is 13.1. The van der Waals surface area contributed by atoms with E-state index in [1.807, 2.05) is 20.8 Å². The van der Waals surface area contributed by atoms with Gasteiger partial charge in [0.25, 0.3) is 0 Å². The quantitative estimate of drug-likeness (QED) is 0.901. The number of aromatic carboxylic acids is 1. The zero-order valence-electron chi connectivity index (χ0n) is 13.1. The Labute approximate surface area is 129 Å². The second-order valence-electron chi connectivity index (χ2n) is 6.34. The minimum atomic E-state index is -1.07. The van der Waals surface area contributed by atoms with E-state index in [1.54, 1.807) is 4.90 Å². The number of carbonyl (C=O) groups is 2. The smallest absolute Gasteiger partial charge is 0.410 e. The van der Waals surface area contributed by atoms with Crippen LogP contribution in [0.3, 0.4) is 0 Å². The molecule has 1 N–H and O–H groups in total. The molecule has 0 spiro atoms. The molecular formula is C15H21N3O4. The van der Waals surface area contributed by atoms with E-state index in [0.29, 0.717) is 31.6 Å². The number of amides is 1. The van der Waals surface area contributed by atoms with E-state index in [0.717, 1.165) is 0 Å². The van der Waals surface area contributed by atoms with Crippen LogP contribution in [0.5, 0.6) is 0 Å². The van der Waals surface area contributed by atoms with Crippen LogP contribution < -0.4 is 0 Å². The van der Waals surface area contributed by atoms with Crippen molar-refractivity contribution >= 4 is 12.1 Å². The lowest BCUT2D eigenvalue weighted by atomic mass is 9.92. The van der Waals surface area contributed by atoms with Gasteiger partial charge in [-0.2, -0.15) is 0 Å². The third-order valence-electron chi connectivity index (χ3n) is 3.46. The van der Waals surface area contributed by atoms with Gasteiger partial charge in [0.2, 0.25) is 0 Å². The topological polar surface area (TPSA) is 92.6 Å². The Morgan fingerprint density at radius 1 is 1.23 bits per heavy atom. The van der Waals surface area contributed by atoms with E-state index in [1.165, 1.54) is 12.4 Å². The Balaban J connectivity index is 2.01. The number of hydrogen-bond donors (Lipinski definition) is 1. The van der Waals surface area contributed by atoms with Crippen molar-refractivity contribution in [2.45, 2.75) is 45.1 Å². The summed E-state index contributed by atoms with van der Waals surface area (Å²) < 4.78 is 5.34. The lowest BCUT2D eigenvalue weighted by Gasteiger charge is -2.33. The van der Waals surface area contributed by atoms with Crippen LogP contribution in [0.4, 0.5) is 4.79 Å². The van der Waals surface area contributed by atoms with Gasteiger partial charge in [-0.1, -0.05) is 0 Å². The molecule has 0 bridgehead atoms. The molecule has 0 aliphatic carbocycles. The van der Waals surface area contributed by atoms with Crippen molar-refractivity contribution < 1.29 is 19.4 Å². The summed E-state index contributed by atoms with van der Waals surface area (Å²) in [5.74, 6) is -1.07. The van der Waals surface area contributed by atoms with Crippen LogP contribution in [-0.4, -0.2) is 50.7 Å². The first-order chi connectivity index (χ1) is 10.3. The van der Waals surface area contributed by atoms with Gasteiger partial charge in [-0.05, 0) is 33.6 Å². The number of ether oxygens (including phenoxy) is 1. The van der Waals surface area contributed by atoms with E-state index < -0.39 is 11.6 Å². The number of carboxylic acid groups (broad SMARTS) is 1. The predicted molar refractivity (Wildman–Crippen MR) is 78.8 cm³/mol. The van der Waals surface area contributed by atoms with Crippen LogP contribution in [0.25, 0.3) is 0 Å². The summed E-state index contributed by atoms with van der Waals surface area (Å²) in [4.78, 5) is 32.9. The highest BCUT2D eigenvalue weighted by Crippen LogP contribution is 2.28. The van der Waals surface area contributed by atoms with Gasteiger partial charge in [-0.25, -0.2) is 14.6 Å². The summed E-state index contributed by atoms with van der Waals surface area (Å²) >= 11 is 0. The van der Waals surface area contributed by atoms with Crippen LogP contribution in [-0.2, 0) is 4.74 Å². The molecule has 1 aromatic rings. The predicted octanol–water partition coefficient (Wildman–Crippen LogP) is 2.29. The molecule has 120 valence electrons. The molecule has 1 saturated heterocycles. The Hall–Kier alpha value is -2.18. The number of likely N-dealkylation sites (tertiary alicyclic amines) is 1. The minimum absolute atomic E-state index is 0.00140. The van der Waals surface area contributed by atoms with Crippen LogP contribution in [0.15, 0.2) is 12.4 Å². The molecule has 2 rings (SSSR count). The second-order valence-corrected chi connectivity index (χ2v) is 6.34. The molecule has 22 heavy (non-hydrogen) atoms. The normalized spacial score (nSPS) is 16.4. The van der Waals surface area contributed by atoms with Gasteiger partial charge in [0, 0.05) is 31.4 Å². The third kappa shape index (κ3) is 3.93. The second kappa shape index (κ2) is 6.29. The monoisotopic (exact) mass is 307 g/mol. The van der Waals surface area contributed by atoms with Crippen molar-refractivity contribution in [3.8, 4) is 0 Å². The summed E-state index contributed by atoms with van der Waals surface area (Å²) in [6.07, 6.45) is 3.85. The van der Waals surface area contributed by atoms with E-state index in [9.17, 15) is 14.7 Å². The summed E-state index contributed by atoms with van der Waals surface area (Å²) in [7, 11) is 0. The number of nitrogens with zero attached hydrogens (tertiary/aromatic N) is 3. The Bertz CT molecular complexity index is 560. The number of piperidine rings is 1. The number of hydrogen-bond acceptors (Lipinski definition) is 5. The molecule has 0 aromatic carbocycles. The maximum absolute atomic E-state index is 12.0. The van der Waals surface area contributed by atoms with Gasteiger partial charge in [-0.3, -0.25) is 4.98 Å².